The van der Waals surface area contributed by atoms with Crippen molar-refractivity contribution in [3.05, 3.63) is 18.0 Å². The molecule has 1 aromatic heterocycles. The van der Waals surface area contributed by atoms with Crippen molar-refractivity contribution in [1.29, 1.82) is 0 Å². The van der Waals surface area contributed by atoms with Gasteiger partial charge in [0, 0.05) is 38.6 Å². The van der Waals surface area contributed by atoms with Crippen LogP contribution in [0.5, 0.6) is 0 Å². The zero-order chi connectivity index (χ0) is 14.5. The average Bonchev–Trinajstić information content (AvgIpc) is 2.49. The number of rotatable bonds is 4. The number of aromatic nitrogens is 2. The van der Waals surface area contributed by atoms with E-state index in [1.165, 1.54) is 0 Å². The molecule has 1 aromatic rings. The molecular formula is C15H24N4O. The van der Waals surface area contributed by atoms with Crippen molar-refractivity contribution in [1.82, 2.24) is 14.9 Å². The van der Waals surface area contributed by atoms with Crippen LogP contribution in [0, 0.1) is 5.92 Å². The van der Waals surface area contributed by atoms with Crippen molar-refractivity contribution in [2.24, 2.45) is 5.92 Å². The Morgan fingerprint density at radius 3 is 2.30 bits per heavy atom. The maximum atomic E-state index is 12.4. The normalized spacial score (nSPS) is 16.2. The Bertz CT molecular complexity index is 434. The number of nitrogens with zero attached hydrogens (tertiary/aromatic N) is 4. The van der Waals surface area contributed by atoms with Crippen LogP contribution in [0.3, 0.4) is 0 Å². The zero-order valence-corrected chi connectivity index (χ0v) is 12.7. The standard InChI is InChI=1S/C15H24N4O/c1-4-18(5-2)15-16-10-13(11-17-15)14(20)19-8-6-12(3)7-9-19/h10-12H,4-9H2,1-3H3. The summed E-state index contributed by atoms with van der Waals surface area (Å²) in [5, 5.41) is 0. The highest BCUT2D eigenvalue weighted by Gasteiger charge is 2.22. The van der Waals surface area contributed by atoms with E-state index in [2.05, 4.69) is 35.6 Å². The quantitative estimate of drug-likeness (QED) is 0.846. The van der Waals surface area contributed by atoms with Crippen molar-refractivity contribution in [3.8, 4) is 0 Å². The molecule has 0 atom stereocenters. The Hall–Kier alpha value is -1.65. The van der Waals surface area contributed by atoms with Crippen molar-refractivity contribution in [3.63, 3.8) is 0 Å². The summed E-state index contributed by atoms with van der Waals surface area (Å²) < 4.78 is 0. The minimum Gasteiger partial charge on any atom is -0.341 e. The van der Waals surface area contributed by atoms with Gasteiger partial charge in [0.05, 0.1) is 5.56 Å². The predicted octanol–water partition coefficient (Wildman–Crippen LogP) is 2.19. The summed E-state index contributed by atoms with van der Waals surface area (Å²) in [6.07, 6.45) is 5.48. The highest BCUT2D eigenvalue weighted by molar-refractivity contribution is 5.93. The van der Waals surface area contributed by atoms with E-state index in [9.17, 15) is 4.79 Å². The van der Waals surface area contributed by atoms with Crippen LogP contribution < -0.4 is 4.90 Å². The molecule has 20 heavy (non-hydrogen) atoms. The number of anilines is 1. The van der Waals surface area contributed by atoms with Crippen molar-refractivity contribution in [2.75, 3.05) is 31.1 Å². The smallest absolute Gasteiger partial charge is 0.256 e. The molecule has 1 saturated heterocycles. The van der Waals surface area contributed by atoms with E-state index in [4.69, 9.17) is 0 Å². The van der Waals surface area contributed by atoms with Gasteiger partial charge in [0.25, 0.3) is 5.91 Å². The molecule has 2 heterocycles. The van der Waals surface area contributed by atoms with Gasteiger partial charge >= 0.3 is 0 Å². The second-order valence-corrected chi connectivity index (χ2v) is 5.42. The first-order valence-electron chi connectivity index (χ1n) is 7.52. The van der Waals surface area contributed by atoms with Gasteiger partial charge < -0.3 is 9.80 Å². The molecule has 2 rings (SSSR count). The van der Waals surface area contributed by atoms with Gasteiger partial charge in [-0.05, 0) is 32.6 Å². The largest absolute Gasteiger partial charge is 0.341 e. The lowest BCUT2D eigenvalue weighted by molar-refractivity contribution is 0.0696. The molecule has 1 fully saturated rings. The third-order valence-corrected chi connectivity index (χ3v) is 4.00. The molecule has 1 amide bonds. The van der Waals surface area contributed by atoms with Gasteiger partial charge in [-0.15, -0.1) is 0 Å². The molecule has 1 aliphatic rings. The fraction of sp³-hybridized carbons (Fsp3) is 0.667. The summed E-state index contributed by atoms with van der Waals surface area (Å²) in [5.74, 6) is 1.47. The number of hydrogen-bond acceptors (Lipinski definition) is 4. The van der Waals surface area contributed by atoms with Crippen molar-refractivity contribution in [2.45, 2.75) is 33.6 Å². The molecule has 5 nitrogen and oxygen atoms in total. The topological polar surface area (TPSA) is 49.3 Å². The van der Waals surface area contributed by atoms with Crippen LogP contribution in [0.2, 0.25) is 0 Å². The number of piperidine rings is 1. The van der Waals surface area contributed by atoms with E-state index >= 15 is 0 Å². The summed E-state index contributed by atoms with van der Waals surface area (Å²) in [6.45, 7) is 9.81. The van der Waals surface area contributed by atoms with Gasteiger partial charge in [-0.25, -0.2) is 9.97 Å². The Morgan fingerprint density at radius 2 is 1.80 bits per heavy atom. The van der Waals surface area contributed by atoms with E-state index in [1.807, 2.05) is 4.90 Å². The van der Waals surface area contributed by atoms with Gasteiger partial charge in [0.2, 0.25) is 5.95 Å². The number of amides is 1. The van der Waals surface area contributed by atoms with Crippen LogP contribution in [0.1, 0.15) is 44.0 Å². The molecule has 0 bridgehead atoms. The fourth-order valence-corrected chi connectivity index (χ4v) is 2.50. The van der Waals surface area contributed by atoms with Gasteiger partial charge in [-0.2, -0.15) is 0 Å². The lowest BCUT2D eigenvalue weighted by atomic mass is 9.99. The molecule has 0 spiro atoms. The minimum absolute atomic E-state index is 0.0583. The molecule has 0 unspecified atom stereocenters. The predicted molar refractivity (Wildman–Crippen MR) is 79.9 cm³/mol. The van der Waals surface area contributed by atoms with Crippen LogP contribution in [-0.2, 0) is 0 Å². The first-order valence-corrected chi connectivity index (χ1v) is 7.52. The summed E-state index contributed by atoms with van der Waals surface area (Å²) in [6, 6.07) is 0. The lowest BCUT2D eigenvalue weighted by Gasteiger charge is -2.30. The molecule has 1 aliphatic heterocycles. The molecule has 0 saturated carbocycles. The number of hydrogen-bond donors (Lipinski definition) is 0. The molecule has 5 heteroatoms. The van der Waals surface area contributed by atoms with Crippen LogP contribution in [0.4, 0.5) is 5.95 Å². The number of carbonyl (C=O) groups is 1. The molecular weight excluding hydrogens is 252 g/mol. The third kappa shape index (κ3) is 3.26. The molecule has 0 N–H and O–H groups in total. The van der Waals surface area contributed by atoms with Crippen molar-refractivity contribution >= 4 is 11.9 Å². The van der Waals surface area contributed by atoms with Crippen LogP contribution in [0.15, 0.2) is 12.4 Å². The first-order chi connectivity index (χ1) is 9.65. The highest BCUT2D eigenvalue weighted by Crippen LogP contribution is 2.18. The van der Waals surface area contributed by atoms with E-state index in [0.717, 1.165) is 44.9 Å². The minimum atomic E-state index is 0.0583. The van der Waals surface area contributed by atoms with Crippen LogP contribution in [0.25, 0.3) is 0 Å². The average molecular weight is 276 g/mol. The fourth-order valence-electron chi connectivity index (χ4n) is 2.50. The van der Waals surface area contributed by atoms with Crippen molar-refractivity contribution < 1.29 is 4.79 Å². The second kappa shape index (κ2) is 6.68. The second-order valence-electron chi connectivity index (χ2n) is 5.42. The van der Waals surface area contributed by atoms with Gasteiger partial charge in [-0.1, -0.05) is 6.92 Å². The van der Waals surface area contributed by atoms with Gasteiger partial charge in [0.15, 0.2) is 0 Å². The van der Waals surface area contributed by atoms with E-state index in [1.54, 1.807) is 12.4 Å². The molecule has 0 radical (unpaired) electrons. The first kappa shape index (κ1) is 14.8. The van der Waals surface area contributed by atoms with Crippen LogP contribution in [-0.4, -0.2) is 47.0 Å². The van der Waals surface area contributed by atoms with Gasteiger partial charge in [-0.3, -0.25) is 4.79 Å². The summed E-state index contributed by atoms with van der Waals surface area (Å²) in [5.41, 5.74) is 0.593. The SMILES string of the molecule is CCN(CC)c1ncc(C(=O)N2CCC(C)CC2)cn1. The number of likely N-dealkylation sites (tertiary alicyclic amines) is 1. The Morgan fingerprint density at radius 1 is 1.25 bits per heavy atom. The molecule has 0 aliphatic carbocycles. The van der Waals surface area contributed by atoms with Gasteiger partial charge in [0.1, 0.15) is 0 Å². The summed E-state index contributed by atoms with van der Waals surface area (Å²) >= 11 is 0. The Balaban J connectivity index is 2.04. The molecule has 110 valence electrons. The zero-order valence-electron chi connectivity index (χ0n) is 12.7. The Kier molecular flexibility index (Phi) is 4.93. The maximum Gasteiger partial charge on any atom is 0.256 e. The highest BCUT2D eigenvalue weighted by atomic mass is 16.2. The summed E-state index contributed by atoms with van der Waals surface area (Å²) in [4.78, 5) is 25.0. The lowest BCUT2D eigenvalue weighted by Crippen LogP contribution is -2.38. The van der Waals surface area contributed by atoms with E-state index in [0.29, 0.717) is 11.5 Å². The Labute approximate surface area is 121 Å². The number of carbonyl (C=O) groups excluding carboxylic acids is 1. The monoisotopic (exact) mass is 276 g/mol. The van der Waals surface area contributed by atoms with E-state index in [-0.39, 0.29) is 5.91 Å². The summed E-state index contributed by atoms with van der Waals surface area (Å²) in [7, 11) is 0. The maximum absolute atomic E-state index is 12.4. The van der Waals surface area contributed by atoms with E-state index < -0.39 is 0 Å². The third-order valence-electron chi connectivity index (χ3n) is 4.00. The molecule has 0 aromatic carbocycles. The van der Waals surface area contributed by atoms with Crippen LogP contribution >= 0.6 is 0 Å².